The summed E-state index contributed by atoms with van der Waals surface area (Å²) in [5.74, 6) is -1.34. The number of carboxylic acids is 1. The number of hydrogen-bond donors (Lipinski definition) is 3. The Bertz CT molecular complexity index is 1080. The van der Waals surface area contributed by atoms with Crippen LogP contribution in [0.25, 0.3) is 10.1 Å². The molecule has 3 rings (SSSR count). The molecular weight excluding hydrogens is 432 g/mol. The maximum atomic E-state index is 11.7. The Kier molecular flexibility index (Phi) is 6.68. The second-order valence-electron chi connectivity index (χ2n) is 6.16. The molecule has 0 spiro atoms. The highest BCUT2D eigenvalue weighted by molar-refractivity contribution is 7.80. The summed E-state index contributed by atoms with van der Waals surface area (Å²) in [6.07, 6.45) is -0.159. The molecule has 0 bridgehead atoms. The first-order chi connectivity index (χ1) is 13.9. The number of methoxy groups -OCH3 is 1. The van der Waals surface area contributed by atoms with Crippen molar-refractivity contribution in [2.45, 2.75) is 12.5 Å². The molecule has 1 atom stereocenters. The Morgan fingerprint density at radius 1 is 1.24 bits per heavy atom. The summed E-state index contributed by atoms with van der Waals surface area (Å²) in [4.78, 5) is 23.5. The quantitative estimate of drug-likeness (QED) is 0.367. The summed E-state index contributed by atoms with van der Waals surface area (Å²) >= 11 is 12.7. The molecule has 0 aliphatic heterocycles. The second kappa shape index (κ2) is 9.21. The fourth-order valence-corrected chi connectivity index (χ4v) is 4.22. The van der Waals surface area contributed by atoms with Gasteiger partial charge in [0.15, 0.2) is 5.11 Å². The van der Waals surface area contributed by atoms with Crippen LogP contribution in [0.1, 0.15) is 27.7 Å². The molecule has 0 unspecified atom stereocenters. The van der Waals surface area contributed by atoms with Gasteiger partial charge in [-0.25, -0.2) is 4.79 Å². The lowest BCUT2D eigenvalue weighted by atomic mass is 10.0. The first kappa shape index (κ1) is 21.0. The number of rotatable bonds is 6. The van der Waals surface area contributed by atoms with Crippen LogP contribution in [-0.4, -0.2) is 29.3 Å². The molecule has 1 aromatic heterocycles. The van der Waals surface area contributed by atoms with Crippen molar-refractivity contribution in [1.29, 1.82) is 0 Å². The molecule has 3 aromatic rings. The molecule has 0 radical (unpaired) electrons. The Hall–Kier alpha value is -2.68. The van der Waals surface area contributed by atoms with Gasteiger partial charge < -0.3 is 20.5 Å². The van der Waals surface area contributed by atoms with Crippen molar-refractivity contribution in [3.05, 3.63) is 64.0 Å². The van der Waals surface area contributed by atoms with Crippen molar-refractivity contribution < 1.29 is 19.4 Å². The maximum absolute atomic E-state index is 11.7. The number of thiocarbonyl (C=S) groups is 1. The van der Waals surface area contributed by atoms with Crippen molar-refractivity contribution in [1.82, 2.24) is 5.32 Å². The predicted molar refractivity (Wildman–Crippen MR) is 119 cm³/mol. The Morgan fingerprint density at radius 2 is 2.03 bits per heavy atom. The number of anilines is 1. The molecule has 0 aliphatic rings. The Labute approximate surface area is 181 Å². The number of thiophene rings is 1. The van der Waals surface area contributed by atoms with Crippen LogP contribution in [0.2, 0.25) is 5.02 Å². The SMILES string of the molecule is COC(=O)c1cc2cc(NC(=S)N[C@H](CC(=O)O)c3cccc(Cl)c3)ccc2s1. The van der Waals surface area contributed by atoms with Gasteiger partial charge in [-0.15, -0.1) is 11.3 Å². The summed E-state index contributed by atoms with van der Waals surface area (Å²) in [5.41, 5.74) is 1.43. The number of ether oxygens (including phenoxy) is 1. The minimum Gasteiger partial charge on any atom is -0.481 e. The lowest BCUT2D eigenvalue weighted by molar-refractivity contribution is -0.137. The highest BCUT2D eigenvalue weighted by atomic mass is 35.5. The molecular formula is C20H17ClN2O4S2. The van der Waals surface area contributed by atoms with Crippen LogP contribution in [0.4, 0.5) is 5.69 Å². The van der Waals surface area contributed by atoms with E-state index < -0.39 is 12.0 Å². The van der Waals surface area contributed by atoms with E-state index in [0.29, 0.717) is 15.6 Å². The van der Waals surface area contributed by atoms with Crippen molar-refractivity contribution >= 4 is 68.0 Å². The zero-order chi connectivity index (χ0) is 21.0. The molecule has 29 heavy (non-hydrogen) atoms. The molecule has 6 nitrogen and oxygen atoms in total. The van der Waals surface area contributed by atoms with E-state index in [2.05, 4.69) is 10.6 Å². The number of esters is 1. The molecule has 0 fully saturated rings. The highest BCUT2D eigenvalue weighted by Crippen LogP contribution is 2.29. The lowest BCUT2D eigenvalue weighted by Gasteiger charge is -2.20. The van der Waals surface area contributed by atoms with E-state index in [-0.39, 0.29) is 17.5 Å². The first-order valence-corrected chi connectivity index (χ1v) is 10.1. The van der Waals surface area contributed by atoms with Crippen LogP contribution in [-0.2, 0) is 9.53 Å². The third kappa shape index (κ3) is 5.44. The number of fused-ring (bicyclic) bond motifs is 1. The number of nitrogens with one attached hydrogen (secondary N) is 2. The summed E-state index contributed by atoms with van der Waals surface area (Å²) in [7, 11) is 1.34. The number of carbonyl (C=O) groups is 2. The third-order valence-corrected chi connectivity index (χ3v) is 5.65. The molecule has 1 heterocycles. The van der Waals surface area contributed by atoms with Gasteiger partial charge in [-0.3, -0.25) is 4.79 Å². The topological polar surface area (TPSA) is 87.7 Å². The van der Waals surface area contributed by atoms with Gasteiger partial charge >= 0.3 is 11.9 Å². The van der Waals surface area contributed by atoms with Gasteiger partial charge in [-0.1, -0.05) is 23.7 Å². The van der Waals surface area contributed by atoms with Gasteiger partial charge in [-0.2, -0.15) is 0 Å². The zero-order valence-electron chi connectivity index (χ0n) is 15.3. The van der Waals surface area contributed by atoms with Crippen LogP contribution in [0, 0.1) is 0 Å². The van der Waals surface area contributed by atoms with Gasteiger partial charge in [0.25, 0.3) is 0 Å². The van der Waals surface area contributed by atoms with Crippen molar-refractivity contribution in [3.63, 3.8) is 0 Å². The van der Waals surface area contributed by atoms with E-state index in [0.717, 1.165) is 15.6 Å². The van der Waals surface area contributed by atoms with Crippen LogP contribution in [0.3, 0.4) is 0 Å². The summed E-state index contributed by atoms with van der Waals surface area (Å²) in [5, 5.41) is 17.0. The molecule has 0 amide bonds. The van der Waals surface area contributed by atoms with E-state index >= 15 is 0 Å². The Balaban J connectivity index is 1.75. The Morgan fingerprint density at radius 3 is 2.72 bits per heavy atom. The van der Waals surface area contributed by atoms with Crippen molar-refractivity contribution in [2.75, 3.05) is 12.4 Å². The number of aliphatic carboxylic acids is 1. The van der Waals surface area contributed by atoms with Gasteiger partial charge in [0.2, 0.25) is 0 Å². The smallest absolute Gasteiger partial charge is 0.348 e. The van der Waals surface area contributed by atoms with Gasteiger partial charge in [0.05, 0.1) is 19.6 Å². The van der Waals surface area contributed by atoms with Gasteiger partial charge in [0, 0.05) is 15.4 Å². The van der Waals surface area contributed by atoms with Crippen LogP contribution < -0.4 is 10.6 Å². The van der Waals surface area contributed by atoms with Crippen molar-refractivity contribution in [3.8, 4) is 0 Å². The maximum Gasteiger partial charge on any atom is 0.348 e. The second-order valence-corrected chi connectivity index (χ2v) is 8.09. The van der Waals surface area contributed by atoms with E-state index in [9.17, 15) is 14.7 Å². The van der Waals surface area contributed by atoms with E-state index in [4.69, 9.17) is 28.6 Å². The third-order valence-electron chi connectivity index (χ3n) is 4.10. The van der Waals surface area contributed by atoms with Crippen LogP contribution in [0.15, 0.2) is 48.5 Å². The zero-order valence-corrected chi connectivity index (χ0v) is 17.7. The molecule has 150 valence electrons. The number of benzene rings is 2. The largest absolute Gasteiger partial charge is 0.481 e. The average molecular weight is 449 g/mol. The van der Waals surface area contributed by atoms with E-state index in [1.807, 2.05) is 18.2 Å². The number of carboxylic acid groups (broad SMARTS) is 1. The first-order valence-electron chi connectivity index (χ1n) is 8.52. The highest BCUT2D eigenvalue weighted by Gasteiger charge is 2.17. The minimum absolute atomic E-state index is 0.159. The normalized spacial score (nSPS) is 11.7. The van der Waals surface area contributed by atoms with E-state index in [1.165, 1.54) is 18.4 Å². The molecule has 0 saturated carbocycles. The summed E-state index contributed by atoms with van der Waals surface area (Å²) < 4.78 is 5.70. The van der Waals surface area contributed by atoms with Gasteiger partial charge in [-0.05, 0) is 59.6 Å². The fourth-order valence-electron chi connectivity index (χ4n) is 2.80. The van der Waals surface area contributed by atoms with Crippen molar-refractivity contribution in [2.24, 2.45) is 0 Å². The fraction of sp³-hybridized carbons (Fsp3) is 0.150. The average Bonchev–Trinajstić information content (AvgIpc) is 3.10. The molecule has 9 heteroatoms. The number of carbonyl (C=O) groups excluding carboxylic acids is 1. The molecule has 0 aliphatic carbocycles. The molecule has 2 aromatic carbocycles. The summed E-state index contributed by atoms with van der Waals surface area (Å²) in [6.45, 7) is 0. The van der Waals surface area contributed by atoms with Crippen LogP contribution >= 0.6 is 35.2 Å². The van der Waals surface area contributed by atoms with E-state index in [1.54, 1.807) is 30.3 Å². The lowest BCUT2D eigenvalue weighted by Crippen LogP contribution is -2.33. The van der Waals surface area contributed by atoms with Gasteiger partial charge in [0.1, 0.15) is 4.88 Å². The standard InChI is InChI=1S/C20H17ClN2O4S2/c1-27-19(26)17-9-12-8-14(5-6-16(12)29-17)22-20(28)23-15(10-18(24)25)11-3-2-4-13(21)7-11/h2-9,15H,10H2,1H3,(H,24,25)(H2,22,23,28)/t15-/m1/s1. The monoisotopic (exact) mass is 448 g/mol. The number of hydrogen-bond acceptors (Lipinski definition) is 5. The number of halogens is 1. The van der Waals surface area contributed by atoms with Crippen LogP contribution in [0.5, 0.6) is 0 Å². The minimum atomic E-state index is -0.958. The molecule has 3 N–H and O–H groups in total. The summed E-state index contributed by atoms with van der Waals surface area (Å²) in [6, 6.07) is 13.8. The predicted octanol–water partition coefficient (Wildman–Crippen LogP) is 4.84. The molecule has 0 saturated heterocycles.